The van der Waals surface area contributed by atoms with Crippen molar-refractivity contribution in [3.63, 3.8) is 0 Å². The standard InChI is InChI=1S/2C33H39N5O5S2Si/c1-22-8-11-26(12-9-22)45(41,42)38-15-14-27-30(23(2)18-24(3)32(27)38)31(36-44(4,39)40)33-35-28-19-25(20-34)10-13-29(28)37(33)21-43-16-17-46(5,6)7;1-22-8-11-26(12-9-22)45(41,42)38-15-14-27-30(23(2)18-24(3)32(27)38)31(36-44(4,39)40)33-35-28-13-10-25(20-34)19-29(28)37(33)21-43-16-17-46(5,6)7/h2*8-15,18-19,31,36H,16-17,21H2,1-7H3. The zero-order valence-corrected chi connectivity index (χ0v) is 59.5. The van der Waals surface area contributed by atoms with E-state index < -0.39 is 68.3 Å². The third-order valence-corrected chi connectivity index (χ3v) is 24.0. The lowest BCUT2D eigenvalue weighted by atomic mass is 9.94. The van der Waals surface area contributed by atoms with Gasteiger partial charge >= 0.3 is 0 Å². The highest BCUT2D eigenvalue weighted by atomic mass is 32.2. The summed E-state index contributed by atoms with van der Waals surface area (Å²) in [6, 6.07) is 34.9. The van der Waals surface area contributed by atoms with E-state index in [1.165, 1.54) is 20.3 Å². The summed E-state index contributed by atoms with van der Waals surface area (Å²) in [5.41, 5.74) is 10.1. The first-order valence-electron chi connectivity index (χ1n) is 29.8. The maximum atomic E-state index is 13.9. The highest BCUT2D eigenvalue weighted by Gasteiger charge is 2.34. The minimum atomic E-state index is -3.97. The molecule has 0 bridgehead atoms. The smallest absolute Gasteiger partial charge is 0.268 e. The van der Waals surface area contributed by atoms with E-state index in [1.54, 1.807) is 102 Å². The Morgan fingerprint density at radius 3 is 1.28 bits per heavy atom. The highest BCUT2D eigenvalue weighted by molar-refractivity contribution is 7.90. The number of aryl methyl sites for hydroxylation is 6. The van der Waals surface area contributed by atoms with Gasteiger partial charge < -0.3 is 18.6 Å². The monoisotopic (exact) mass is 1350 g/mol. The predicted molar refractivity (Wildman–Crippen MR) is 367 cm³/mol. The molecular weight excluding hydrogens is 1280 g/mol. The number of hydrogen-bond acceptors (Lipinski definition) is 14. The van der Waals surface area contributed by atoms with Gasteiger partial charge in [0, 0.05) is 52.5 Å². The number of rotatable bonds is 22. The minimum Gasteiger partial charge on any atom is -0.361 e. The summed E-state index contributed by atoms with van der Waals surface area (Å²) >= 11 is 0. The van der Waals surface area contributed by atoms with Gasteiger partial charge in [-0.15, -0.1) is 0 Å². The maximum absolute atomic E-state index is 13.9. The summed E-state index contributed by atoms with van der Waals surface area (Å²) in [7, 11) is -18.3. The molecule has 0 radical (unpaired) electrons. The second-order valence-electron chi connectivity index (χ2n) is 26.0. The Morgan fingerprint density at radius 1 is 0.489 bits per heavy atom. The number of fused-ring (bicyclic) bond motifs is 4. The Hall–Kier alpha value is -7.61. The van der Waals surface area contributed by atoms with Crippen molar-refractivity contribution in [1.29, 1.82) is 10.5 Å². The molecule has 0 saturated heterocycles. The third-order valence-electron chi connectivity index (χ3n) is 15.9. The van der Waals surface area contributed by atoms with Crippen LogP contribution in [0.5, 0.6) is 0 Å². The zero-order chi connectivity index (χ0) is 67.2. The molecule has 0 amide bonds. The van der Waals surface area contributed by atoms with Crippen molar-refractivity contribution in [3.05, 3.63) is 189 Å². The van der Waals surface area contributed by atoms with Crippen LogP contribution in [-0.2, 0) is 63.0 Å². The molecule has 2 atom stereocenters. The first kappa shape index (κ1) is 68.8. The van der Waals surface area contributed by atoms with Crippen LogP contribution in [0.25, 0.3) is 43.9 Å². The van der Waals surface area contributed by atoms with E-state index in [0.717, 1.165) is 58.0 Å². The van der Waals surface area contributed by atoms with Crippen molar-refractivity contribution in [2.45, 2.75) is 128 Å². The Morgan fingerprint density at radius 2 is 0.880 bits per heavy atom. The summed E-state index contributed by atoms with van der Waals surface area (Å²) in [6.07, 6.45) is 5.18. The van der Waals surface area contributed by atoms with E-state index in [9.17, 15) is 44.2 Å². The topological polar surface area (TPSA) is 272 Å². The summed E-state index contributed by atoms with van der Waals surface area (Å²) in [5.74, 6) is 0.733. The summed E-state index contributed by atoms with van der Waals surface area (Å²) in [6.45, 7) is 26.0. The number of nitrogens with zero attached hydrogens (tertiary/aromatic N) is 8. The fourth-order valence-corrected chi connectivity index (χ4v) is 17.0. The Balaban J connectivity index is 0.000000217. The molecule has 0 fully saturated rings. The van der Waals surface area contributed by atoms with Crippen molar-refractivity contribution in [2.75, 3.05) is 25.7 Å². The third kappa shape index (κ3) is 15.1. The van der Waals surface area contributed by atoms with Crippen LogP contribution in [-0.4, -0.2) is 103 Å². The molecule has 4 heterocycles. The molecule has 2 N–H and O–H groups in total. The largest absolute Gasteiger partial charge is 0.361 e. The molecule has 20 nitrogen and oxygen atoms in total. The Kier molecular flexibility index (Phi) is 19.7. The Bertz CT molecular complexity index is 4850. The normalized spacial score (nSPS) is 13.3. The first-order chi connectivity index (χ1) is 43.0. The van der Waals surface area contributed by atoms with Crippen LogP contribution in [0.4, 0.5) is 0 Å². The summed E-state index contributed by atoms with van der Waals surface area (Å²) in [4.78, 5) is 10.1. The van der Waals surface area contributed by atoms with Gasteiger partial charge in [-0.2, -0.15) is 10.5 Å². The van der Waals surface area contributed by atoms with Crippen molar-refractivity contribution in [2.24, 2.45) is 0 Å². The lowest BCUT2D eigenvalue weighted by Crippen LogP contribution is -2.31. The fourth-order valence-electron chi connectivity index (χ4n) is 11.3. The molecule has 26 heteroatoms. The van der Waals surface area contributed by atoms with E-state index in [4.69, 9.17) is 19.4 Å². The van der Waals surface area contributed by atoms with E-state index in [2.05, 4.69) is 60.9 Å². The van der Waals surface area contributed by atoms with Crippen molar-refractivity contribution < 1.29 is 43.1 Å². The fraction of sp³-hybridized carbons (Fsp3) is 0.333. The van der Waals surface area contributed by atoms with Gasteiger partial charge in [0.05, 0.1) is 78.7 Å². The molecule has 484 valence electrons. The van der Waals surface area contributed by atoms with Gasteiger partial charge in [-0.3, -0.25) is 0 Å². The molecular formula is C66H78N10O10S4Si2. The van der Waals surface area contributed by atoms with Gasteiger partial charge in [-0.05, 0) is 160 Å². The van der Waals surface area contributed by atoms with Crippen molar-refractivity contribution in [3.8, 4) is 12.1 Å². The molecule has 4 aromatic heterocycles. The SMILES string of the molecule is Cc1ccc(S(=O)(=O)n2ccc3c(C(NS(C)(=O)=O)c4nc5cc(C#N)ccc5n4COCC[Si](C)(C)C)c(C)cc(C)c32)cc1.Cc1ccc(S(=O)(=O)n2ccc3c(C(NS(C)(=O)=O)c4nc5ccc(C#N)cc5n4COCC[Si](C)(C)C)c(C)cc(C)c32)cc1. The number of sulfonamides is 2. The summed E-state index contributed by atoms with van der Waals surface area (Å²) in [5, 5.41) is 20.3. The average Bonchev–Trinajstić information content (AvgIpc) is 1.55. The van der Waals surface area contributed by atoms with Gasteiger partial charge in [-0.1, -0.05) is 86.8 Å². The number of benzene rings is 6. The molecule has 0 saturated carbocycles. The highest BCUT2D eigenvalue weighted by Crippen LogP contribution is 2.40. The van der Waals surface area contributed by atoms with E-state index in [1.807, 2.05) is 58.2 Å². The van der Waals surface area contributed by atoms with Crippen LogP contribution < -0.4 is 9.44 Å². The van der Waals surface area contributed by atoms with Gasteiger partial charge in [0.15, 0.2) is 0 Å². The maximum Gasteiger partial charge on any atom is 0.268 e. The molecule has 10 rings (SSSR count). The molecule has 0 spiro atoms. The number of ether oxygens (including phenoxy) is 2. The van der Waals surface area contributed by atoms with Crippen LogP contribution >= 0.6 is 0 Å². The molecule has 0 aliphatic rings. The van der Waals surface area contributed by atoms with Crippen LogP contribution in [0, 0.1) is 64.2 Å². The second-order valence-corrected chi connectivity index (χ2v) is 44.4. The van der Waals surface area contributed by atoms with Gasteiger partial charge in [0.2, 0.25) is 20.0 Å². The van der Waals surface area contributed by atoms with Gasteiger partial charge in [0.1, 0.15) is 37.2 Å². The number of nitrogens with one attached hydrogen (secondary N) is 2. The molecule has 10 aromatic rings. The summed E-state index contributed by atoms with van der Waals surface area (Å²) < 4.78 is 131. The minimum absolute atomic E-state index is 0.0873. The van der Waals surface area contributed by atoms with E-state index >= 15 is 0 Å². The molecule has 2 unspecified atom stereocenters. The van der Waals surface area contributed by atoms with E-state index in [-0.39, 0.29) is 23.3 Å². The number of aromatic nitrogens is 6. The van der Waals surface area contributed by atoms with E-state index in [0.29, 0.717) is 91.0 Å². The number of imidazole rings is 2. The van der Waals surface area contributed by atoms with Crippen LogP contribution in [0.15, 0.2) is 131 Å². The number of hydrogen-bond donors (Lipinski definition) is 2. The average molecular weight is 1360 g/mol. The first-order valence-corrected chi connectivity index (χ1v) is 43.9. The lowest BCUT2D eigenvalue weighted by molar-refractivity contribution is 0.0872. The molecule has 0 aliphatic heterocycles. The molecule has 6 aromatic carbocycles. The quantitative estimate of drug-likeness (QED) is 0.0472. The van der Waals surface area contributed by atoms with Crippen LogP contribution in [0.2, 0.25) is 51.4 Å². The molecule has 0 aliphatic carbocycles. The lowest BCUT2D eigenvalue weighted by Gasteiger charge is -2.23. The van der Waals surface area contributed by atoms with Gasteiger partial charge in [0.25, 0.3) is 20.0 Å². The Labute approximate surface area is 541 Å². The van der Waals surface area contributed by atoms with Crippen LogP contribution in [0.1, 0.15) is 79.4 Å². The zero-order valence-electron chi connectivity index (χ0n) is 54.2. The predicted octanol–water partition coefficient (Wildman–Crippen LogP) is 12.0. The molecule has 92 heavy (non-hydrogen) atoms. The second kappa shape index (κ2) is 26.4. The van der Waals surface area contributed by atoms with Crippen molar-refractivity contribution in [1.82, 2.24) is 36.5 Å². The van der Waals surface area contributed by atoms with Crippen molar-refractivity contribution >= 4 is 100 Å². The van der Waals surface area contributed by atoms with Gasteiger partial charge in [-0.25, -0.2) is 61.0 Å². The van der Waals surface area contributed by atoms with Crippen LogP contribution in [0.3, 0.4) is 0 Å². The number of nitriles is 2.